The molecule has 0 aromatic rings. The van der Waals surface area contributed by atoms with Gasteiger partial charge in [0.25, 0.3) is 0 Å². The van der Waals surface area contributed by atoms with E-state index in [-0.39, 0.29) is 0 Å². The number of hydrogen-bond donors (Lipinski definition) is 1. The third-order valence-electron chi connectivity index (χ3n) is 3.74. The van der Waals surface area contributed by atoms with Gasteiger partial charge in [0, 0.05) is 38.8 Å². The van der Waals surface area contributed by atoms with Gasteiger partial charge in [-0.25, -0.2) is 5.01 Å². The number of nitrogens with zero attached hydrogens (tertiary/aromatic N) is 3. The number of likely N-dealkylation sites (N-methyl/N-ethyl adjacent to an activating group) is 1. The number of nitrogens with two attached hydrogens (primary N) is 1. The highest BCUT2D eigenvalue weighted by molar-refractivity contribution is 4.83. The first-order chi connectivity index (χ1) is 7.15. The van der Waals surface area contributed by atoms with Crippen LogP contribution < -0.4 is 5.84 Å². The average Bonchev–Trinajstić information content (AvgIpc) is 2.15. The zero-order valence-corrected chi connectivity index (χ0v) is 10.0. The van der Waals surface area contributed by atoms with Gasteiger partial charge < -0.3 is 9.80 Å². The molecule has 0 aromatic carbocycles. The van der Waals surface area contributed by atoms with Crippen LogP contribution in [0.5, 0.6) is 0 Å². The van der Waals surface area contributed by atoms with Crippen molar-refractivity contribution in [2.45, 2.75) is 18.9 Å². The summed E-state index contributed by atoms with van der Waals surface area (Å²) in [5.41, 5.74) is 0. The molecule has 0 aromatic heterocycles. The van der Waals surface area contributed by atoms with Gasteiger partial charge in [0.1, 0.15) is 0 Å². The molecule has 0 spiro atoms. The Kier molecular flexibility index (Phi) is 3.61. The summed E-state index contributed by atoms with van der Waals surface area (Å²) >= 11 is 0. The molecule has 4 nitrogen and oxygen atoms in total. The number of likely N-dealkylation sites (tertiary alicyclic amines) is 1. The first-order valence-corrected chi connectivity index (χ1v) is 6.03. The number of hydrazine groups is 1. The van der Waals surface area contributed by atoms with Crippen LogP contribution in [0.25, 0.3) is 0 Å². The SMILES string of the molecule is CN1CC(CN(C)C2CCCN(N)C2)C1. The highest BCUT2D eigenvalue weighted by Gasteiger charge is 2.28. The van der Waals surface area contributed by atoms with E-state index in [1.165, 1.54) is 32.5 Å². The molecule has 1 atom stereocenters. The lowest BCUT2D eigenvalue weighted by atomic mass is 9.98. The van der Waals surface area contributed by atoms with E-state index < -0.39 is 0 Å². The standard InChI is InChI=1S/C11H24N4/c1-13-6-10(7-13)8-14(2)11-4-3-5-15(12)9-11/h10-11H,3-9,12H2,1-2H3. The molecule has 2 fully saturated rings. The maximum Gasteiger partial charge on any atom is 0.0284 e. The van der Waals surface area contributed by atoms with Crippen molar-refractivity contribution in [2.75, 3.05) is 46.8 Å². The second-order valence-corrected chi connectivity index (χ2v) is 5.32. The van der Waals surface area contributed by atoms with Crippen molar-refractivity contribution in [3.63, 3.8) is 0 Å². The van der Waals surface area contributed by atoms with Crippen LogP contribution >= 0.6 is 0 Å². The quantitative estimate of drug-likeness (QED) is 0.658. The minimum atomic E-state index is 0.676. The van der Waals surface area contributed by atoms with E-state index in [2.05, 4.69) is 23.9 Å². The Bertz CT molecular complexity index is 203. The Hall–Kier alpha value is -0.160. The molecule has 2 heterocycles. The first-order valence-electron chi connectivity index (χ1n) is 6.03. The van der Waals surface area contributed by atoms with Crippen molar-refractivity contribution in [1.82, 2.24) is 14.8 Å². The van der Waals surface area contributed by atoms with Crippen LogP contribution in [0.4, 0.5) is 0 Å². The minimum absolute atomic E-state index is 0.676. The van der Waals surface area contributed by atoms with Crippen molar-refractivity contribution in [3.05, 3.63) is 0 Å². The van der Waals surface area contributed by atoms with Gasteiger partial charge in [0.2, 0.25) is 0 Å². The predicted molar refractivity (Wildman–Crippen MR) is 62.4 cm³/mol. The summed E-state index contributed by atoms with van der Waals surface area (Å²) in [5.74, 6) is 6.74. The molecule has 2 rings (SSSR count). The maximum absolute atomic E-state index is 5.86. The Balaban J connectivity index is 1.72. The predicted octanol–water partition coefficient (Wildman–Crippen LogP) is -0.182. The summed E-state index contributed by atoms with van der Waals surface area (Å²) in [7, 11) is 4.45. The average molecular weight is 212 g/mol. The van der Waals surface area contributed by atoms with Crippen molar-refractivity contribution >= 4 is 0 Å². The molecule has 2 saturated heterocycles. The Morgan fingerprint density at radius 1 is 1.33 bits per heavy atom. The number of hydrogen-bond acceptors (Lipinski definition) is 4. The van der Waals surface area contributed by atoms with Gasteiger partial charge in [-0.15, -0.1) is 0 Å². The number of rotatable bonds is 3. The minimum Gasteiger partial charge on any atom is -0.306 e. The van der Waals surface area contributed by atoms with Gasteiger partial charge in [0.05, 0.1) is 0 Å². The summed E-state index contributed by atoms with van der Waals surface area (Å²) < 4.78 is 0. The molecule has 15 heavy (non-hydrogen) atoms. The second kappa shape index (κ2) is 4.78. The van der Waals surface area contributed by atoms with Gasteiger partial charge in [-0.1, -0.05) is 0 Å². The van der Waals surface area contributed by atoms with Crippen molar-refractivity contribution < 1.29 is 0 Å². The van der Waals surface area contributed by atoms with E-state index >= 15 is 0 Å². The molecule has 0 saturated carbocycles. The molecule has 88 valence electrons. The fraction of sp³-hybridized carbons (Fsp3) is 1.00. The molecule has 2 aliphatic heterocycles. The smallest absolute Gasteiger partial charge is 0.0284 e. The van der Waals surface area contributed by atoms with E-state index in [4.69, 9.17) is 5.84 Å². The molecular weight excluding hydrogens is 188 g/mol. The van der Waals surface area contributed by atoms with Crippen LogP contribution in [0.3, 0.4) is 0 Å². The van der Waals surface area contributed by atoms with E-state index in [0.717, 1.165) is 19.0 Å². The zero-order valence-electron chi connectivity index (χ0n) is 10.0. The summed E-state index contributed by atoms with van der Waals surface area (Å²) in [6, 6.07) is 0.676. The van der Waals surface area contributed by atoms with E-state index in [1.54, 1.807) is 0 Å². The van der Waals surface area contributed by atoms with Gasteiger partial charge >= 0.3 is 0 Å². The molecule has 0 aliphatic carbocycles. The van der Waals surface area contributed by atoms with Gasteiger partial charge in [-0.3, -0.25) is 5.84 Å². The van der Waals surface area contributed by atoms with Crippen LogP contribution in [0, 0.1) is 5.92 Å². The van der Waals surface area contributed by atoms with Crippen molar-refractivity contribution in [3.8, 4) is 0 Å². The zero-order chi connectivity index (χ0) is 10.8. The fourth-order valence-corrected chi connectivity index (χ4v) is 2.84. The molecule has 0 amide bonds. The summed E-state index contributed by atoms with van der Waals surface area (Å²) in [5, 5.41) is 1.97. The lowest BCUT2D eigenvalue weighted by Gasteiger charge is -2.42. The van der Waals surface area contributed by atoms with Crippen molar-refractivity contribution in [1.29, 1.82) is 0 Å². The van der Waals surface area contributed by atoms with E-state index in [0.29, 0.717) is 6.04 Å². The Morgan fingerprint density at radius 2 is 2.07 bits per heavy atom. The van der Waals surface area contributed by atoms with Crippen LogP contribution in [0.2, 0.25) is 0 Å². The molecular formula is C11H24N4. The van der Waals surface area contributed by atoms with Gasteiger partial charge in [0.15, 0.2) is 0 Å². The summed E-state index contributed by atoms with van der Waals surface area (Å²) in [6.07, 6.45) is 2.56. The molecule has 4 heteroatoms. The van der Waals surface area contributed by atoms with E-state index in [9.17, 15) is 0 Å². The lowest BCUT2D eigenvalue weighted by molar-refractivity contribution is 0.0580. The highest BCUT2D eigenvalue weighted by atomic mass is 15.4. The Morgan fingerprint density at radius 3 is 2.67 bits per heavy atom. The van der Waals surface area contributed by atoms with Gasteiger partial charge in [-0.05, 0) is 32.9 Å². The molecule has 1 unspecified atom stereocenters. The summed E-state index contributed by atoms with van der Waals surface area (Å²) in [6.45, 7) is 5.88. The van der Waals surface area contributed by atoms with Crippen LogP contribution in [-0.4, -0.2) is 67.7 Å². The van der Waals surface area contributed by atoms with Gasteiger partial charge in [-0.2, -0.15) is 0 Å². The number of piperidine rings is 1. The third kappa shape index (κ3) is 2.91. The van der Waals surface area contributed by atoms with Crippen molar-refractivity contribution in [2.24, 2.45) is 11.8 Å². The third-order valence-corrected chi connectivity index (χ3v) is 3.74. The van der Waals surface area contributed by atoms with Crippen LogP contribution in [-0.2, 0) is 0 Å². The first kappa shape index (κ1) is 11.3. The second-order valence-electron chi connectivity index (χ2n) is 5.32. The molecule has 0 bridgehead atoms. The maximum atomic E-state index is 5.86. The molecule has 2 N–H and O–H groups in total. The molecule has 2 aliphatic rings. The van der Waals surface area contributed by atoms with E-state index in [1.807, 2.05) is 5.01 Å². The lowest BCUT2D eigenvalue weighted by Crippen LogP contribution is -2.54. The highest BCUT2D eigenvalue weighted by Crippen LogP contribution is 2.18. The largest absolute Gasteiger partial charge is 0.306 e. The normalized spacial score (nSPS) is 30.8. The molecule has 0 radical (unpaired) electrons. The topological polar surface area (TPSA) is 35.7 Å². The van der Waals surface area contributed by atoms with Crippen LogP contribution in [0.15, 0.2) is 0 Å². The monoisotopic (exact) mass is 212 g/mol. The van der Waals surface area contributed by atoms with Crippen LogP contribution in [0.1, 0.15) is 12.8 Å². The fourth-order valence-electron chi connectivity index (χ4n) is 2.84. The Labute approximate surface area is 93.0 Å². The summed E-state index contributed by atoms with van der Waals surface area (Å²) in [4.78, 5) is 4.89.